The highest BCUT2D eigenvalue weighted by molar-refractivity contribution is 7.92. The van der Waals surface area contributed by atoms with Crippen LogP contribution in [0, 0.1) is 29.4 Å². The number of anilines is 2. The number of carbonyl (C=O) groups is 1. The molecular formula is C34H25F7N10O3S2. The normalized spacial score (nSPS) is 17.5. The monoisotopic (exact) mass is 818 g/mol. The lowest BCUT2D eigenvalue weighted by molar-refractivity contribution is -0.142. The Hall–Kier alpha value is -5.79. The third-order valence-corrected chi connectivity index (χ3v) is 10.8. The summed E-state index contributed by atoms with van der Waals surface area (Å²) in [6.45, 7) is -1.12. The van der Waals surface area contributed by atoms with E-state index in [1.54, 1.807) is 31.3 Å². The molecule has 1 unspecified atom stereocenters. The number of pyridine rings is 1. The Morgan fingerprint density at radius 3 is 2.45 bits per heavy atom. The Morgan fingerprint density at radius 1 is 1.07 bits per heavy atom. The number of sulfonamides is 1. The van der Waals surface area contributed by atoms with E-state index in [1.165, 1.54) is 4.68 Å². The van der Waals surface area contributed by atoms with E-state index in [4.69, 9.17) is 10.8 Å². The third kappa shape index (κ3) is 6.34. The predicted octanol–water partition coefficient (Wildman–Crippen LogP) is 5.32. The first-order chi connectivity index (χ1) is 26.3. The molecule has 0 fully saturated rings. The van der Waals surface area contributed by atoms with Crippen LogP contribution >= 0.6 is 11.3 Å². The average molecular weight is 819 g/mol. The van der Waals surface area contributed by atoms with Crippen LogP contribution < -0.4 is 21.3 Å². The van der Waals surface area contributed by atoms with Crippen molar-refractivity contribution in [1.29, 1.82) is 0 Å². The molecule has 4 heterocycles. The molecule has 0 spiro atoms. The number of aromatic nitrogens is 6. The van der Waals surface area contributed by atoms with Crippen LogP contribution in [0.5, 0.6) is 0 Å². The molecule has 0 saturated heterocycles. The van der Waals surface area contributed by atoms with Gasteiger partial charge in [-0.3, -0.25) is 24.3 Å². The van der Waals surface area contributed by atoms with Gasteiger partial charge < -0.3 is 5.32 Å². The number of nitrogen functional groups attached to an aromatic ring is 1. The number of aryl methyl sites for hydroxylation is 1. The second kappa shape index (κ2) is 12.9. The summed E-state index contributed by atoms with van der Waals surface area (Å²) >= 11 is 1.10. The van der Waals surface area contributed by atoms with Gasteiger partial charge in [-0.05, 0) is 36.2 Å². The van der Waals surface area contributed by atoms with Crippen molar-refractivity contribution in [3.8, 4) is 23.0 Å². The molecule has 56 heavy (non-hydrogen) atoms. The van der Waals surface area contributed by atoms with Gasteiger partial charge in [-0.15, -0.1) is 0 Å². The van der Waals surface area contributed by atoms with E-state index in [2.05, 4.69) is 42.5 Å². The van der Waals surface area contributed by atoms with Gasteiger partial charge in [0.2, 0.25) is 15.9 Å². The highest BCUT2D eigenvalue weighted by Gasteiger charge is 2.62. The summed E-state index contributed by atoms with van der Waals surface area (Å²) in [5, 5.41) is 11.0. The van der Waals surface area contributed by atoms with Gasteiger partial charge in [0.15, 0.2) is 22.3 Å². The van der Waals surface area contributed by atoms with Crippen LogP contribution in [-0.2, 0) is 46.9 Å². The molecule has 22 heteroatoms. The highest BCUT2D eigenvalue weighted by Crippen LogP contribution is 2.58. The van der Waals surface area contributed by atoms with E-state index in [-0.39, 0.29) is 39.8 Å². The van der Waals surface area contributed by atoms with Gasteiger partial charge in [-0.1, -0.05) is 35.3 Å². The Bertz CT molecular complexity index is 2790. The summed E-state index contributed by atoms with van der Waals surface area (Å²) < 4.78 is 131. The van der Waals surface area contributed by atoms with Crippen LogP contribution in [0.2, 0.25) is 0 Å². The molecule has 4 aromatic heterocycles. The molecule has 0 saturated carbocycles. The minimum Gasteiger partial charge on any atom is -0.346 e. The first-order valence-electron chi connectivity index (χ1n) is 16.4. The van der Waals surface area contributed by atoms with E-state index in [0.29, 0.717) is 31.9 Å². The standard InChI is InChI=1S/C34H25F7N10O3S2/c1-50-27-17(4-3-5-19(27)30(48-50)49-56(2,53)54)20-12-23-31(45-32(46-42)55-23)44-26(20)22(10-14-8-15(35)11-16(36)9-14)43-24(52)13-51-29-25(28(47-51)34(39,40)41)18-6-7-21(18)33(29,37)38/h3-5,8-9,11-12,18,21-22H,10,13,42H2,1-2H3,(H,43,52)(H,48,49)(H,44,45,46)/t18-,21+,22?/m0/s1. The number of nitrogens with zero attached hydrogens (tertiary/aromatic N) is 6. The number of halogens is 7. The molecule has 5 N–H and O–H groups in total. The van der Waals surface area contributed by atoms with Gasteiger partial charge in [0.1, 0.15) is 29.8 Å². The van der Waals surface area contributed by atoms with Crippen molar-refractivity contribution in [2.45, 2.75) is 37.0 Å². The number of nitrogens with one attached hydrogen (secondary N) is 3. The fraction of sp³-hybridized carbons (Fsp3) is 0.265. The second-order valence-electron chi connectivity index (χ2n) is 13.2. The minimum atomic E-state index is -5.14. The van der Waals surface area contributed by atoms with Crippen molar-refractivity contribution in [1.82, 2.24) is 34.8 Å². The molecule has 6 aromatic rings. The zero-order valence-electron chi connectivity index (χ0n) is 28.6. The van der Waals surface area contributed by atoms with Gasteiger partial charge in [0.05, 0.1) is 34.1 Å². The quantitative estimate of drug-likeness (QED) is 0.0618. The van der Waals surface area contributed by atoms with Crippen molar-refractivity contribution in [3.63, 3.8) is 0 Å². The lowest BCUT2D eigenvalue weighted by atomic mass is 9.84. The largest absolute Gasteiger partial charge is 0.435 e. The van der Waals surface area contributed by atoms with Gasteiger partial charge in [0, 0.05) is 35.2 Å². The number of amides is 1. The van der Waals surface area contributed by atoms with Crippen molar-refractivity contribution in [2.75, 3.05) is 16.4 Å². The first kappa shape index (κ1) is 37.1. The fourth-order valence-corrected chi connectivity index (χ4v) is 8.43. The zero-order valence-corrected chi connectivity index (χ0v) is 30.3. The number of para-hydroxylation sites is 1. The summed E-state index contributed by atoms with van der Waals surface area (Å²) in [5.41, 5.74) is 0.163. The number of hydrogen-bond acceptors (Lipinski definition) is 10. The molecule has 3 atom stereocenters. The van der Waals surface area contributed by atoms with Crippen molar-refractivity contribution in [2.24, 2.45) is 18.8 Å². The number of hydrazine groups is 1. The zero-order chi connectivity index (χ0) is 40.1. The topological polar surface area (TPSA) is 175 Å². The van der Waals surface area contributed by atoms with E-state index >= 15 is 8.78 Å². The van der Waals surface area contributed by atoms with E-state index in [9.17, 15) is 35.2 Å². The maximum Gasteiger partial charge on any atom is 0.435 e. The van der Waals surface area contributed by atoms with Crippen LogP contribution in [0.4, 0.5) is 41.7 Å². The average Bonchev–Trinajstić information content (AvgIpc) is 3.77. The van der Waals surface area contributed by atoms with Crippen LogP contribution in [0.15, 0.2) is 42.5 Å². The molecule has 290 valence electrons. The first-order valence-corrected chi connectivity index (χ1v) is 19.1. The molecule has 2 aliphatic rings. The molecule has 2 aromatic carbocycles. The maximum absolute atomic E-state index is 15.5. The van der Waals surface area contributed by atoms with Crippen molar-refractivity contribution < 1.29 is 43.9 Å². The number of benzene rings is 2. The number of carbonyl (C=O) groups excluding carboxylic acids is 1. The number of nitrogens with two attached hydrogens (primary N) is 1. The Balaban J connectivity index is 1.28. The Labute approximate surface area is 315 Å². The molecule has 8 rings (SSSR count). The van der Waals surface area contributed by atoms with Gasteiger partial charge >= 0.3 is 12.1 Å². The summed E-state index contributed by atoms with van der Waals surface area (Å²) in [6.07, 6.45) is -4.57. The van der Waals surface area contributed by atoms with E-state index in [1.807, 2.05) is 0 Å². The molecular weight excluding hydrogens is 794 g/mol. The molecule has 13 nitrogen and oxygen atoms in total. The molecule has 0 aliphatic heterocycles. The maximum atomic E-state index is 15.5. The summed E-state index contributed by atoms with van der Waals surface area (Å²) in [7, 11) is -2.23. The summed E-state index contributed by atoms with van der Waals surface area (Å²) in [5.74, 6) is 0.180. The number of thiazole rings is 1. The lowest BCUT2D eigenvalue weighted by Gasteiger charge is -2.24. The van der Waals surface area contributed by atoms with Gasteiger partial charge in [0.25, 0.3) is 0 Å². The van der Waals surface area contributed by atoms with Gasteiger partial charge in [-0.25, -0.2) is 28.0 Å². The Kier molecular flexibility index (Phi) is 8.55. The molecule has 1 amide bonds. The van der Waals surface area contributed by atoms with Crippen LogP contribution in [0.1, 0.15) is 40.2 Å². The number of fused-ring (bicyclic) bond motifs is 5. The van der Waals surface area contributed by atoms with Crippen molar-refractivity contribution in [3.05, 3.63) is 82.3 Å². The smallest absolute Gasteiger partial charge is 0.346 e. The number of rotatable bonds is 10. The van der Waals surface area contributed by atoms with Crippen LogP contribution in [0.25, 0.3) is 32.4 Å². The minimum absolute atomic E-state index is 0.00412. The van der Waals surface area contributed by atoms with E-state index < -0.39 is 81.0 Å². The summed E-state index contributed by atoms with van der Waals surface area (Å²) in [4.78, 5) is 23.0. The van der Waals surface area contributed by atoms with Gasteiger partial charge in [-0.2, -0.15) is 37.1 Å². The Morgan fingerprint density at radius 2 is 1.80 bits per heavy atom. The fourth-order valence-electron chi connectivity index (χ4n) is 7.16. The third-order valence-electron chi connectivity index (χ3n) is 9.30. The lowest BCUT2D eigenvalue weighted by Crippen LogP contribution is -2.36. The summed E-state index contributed by atoms with van der Waals surface area (Å²) in [6, 6.07) is 7.75. The molecule has 0 radical (unpaired) electrons. The predicted molar refractivity (Wildman–Crippen MR) is 189 cm³/mol. The van der Waals surface area contributed by atoms with Crippen LogP contribution in [-0.4, -0.2) is 50.1 Å². The second-order valence-corrected chi connectivity index (χ2v) is 16.0. The highest BCUT2D eigenvalue weighted by atomic mass is 32.2. The number of alkyl halides is 5. The molecule has 2 aliphatic carbocycles. The van der Waals surface area contributed by atoms with E-state index in [0.717, 1.165) is 29.7 Å². The van der Waals surface area contributed by atoms with Crippen LogP contribution in [0.3, 0.4) is 0 Å². The molecule has 0 bridgehead atoms. The van der Waals surface area contributed by atoms with Crippen molar-refractivity contribution >= 4 is 59.5 Å². The number of hydrogen-bond donors (Lipinski definition) is 4. The SMILES string of the molecule is Cn1nc(NS(C)(=O)=O)c2cccc(-c3cc4sc(NN)nc4nc3C(Cc3cc(F)cc(F)c3)NC(=O)Cn3nc(C(F)(F)F)c4c3C(F)(F)[C@@H]3C#C[C@H]43)c21.